The van der Waals surface area contributed by atoms with E-state index in [9.17, 15) is 4.79 Å². The number of carbonyl (C=O) groups is 1. The van der Waals surface area contributed by atoms with Gasteiger partial charge in [0, 0.05) is 10.6 Å². The number of anilines is 2. The lowest BCUT2D eigenvalue weighted by Crippen LogP contribution is -2.20. The van der Waals surface area contributed by atoms with E-state index in [0.29, 0.717) is 15.7 Å². The summed E-state index contributed by atoms with van der Waals surface area (Å²) in [4.78, 5) is 13.0. The van der Waals surface area contributed by atoms with Gasteiger partial charge in [-0.15, -0.1) is 11.3 Å². The van der Waals surface area contributed by atoms with Crippen molar-refractivity contribution in [1.82, 2.24) is 0 Å². The van der Waals surface area contributed by atoms with E-state index in [-0.39, 0.29) is 5.97 Å². The van der Waals surface area contributed by atoms with Gasteiger partial charge in [0.2, 0.25) is 0 Å². The summed E-state index contributed by atoms with van der Waals surface area (Å²) in [5.74, 6) is -0.356. The summed E-state index contributed by atoms with van der Waals surface area (Å²) in [6.45, 7) is 5.98. The zero-order valence-electron chi connectivity index (χ0n) is 13.6. The molecule has 2 N–H and O–H groups in total. The molecule has 0 amide bonds. The number of aryl methyl sites for hydroxylation is 2. The number of thiophene rings is 1. The molecule has 0 saturated heterocycles. The molecule has 0 radical (unpaired) electrons. The van der Waals surface area contributed by atoms with Crippen LogP contribution >= 0.6 is 23.6 Å². The van der Waals surface area contributed by atoms with Gasteiger partial charge in [-0.25, -0.2) is 4.79 Å². The Bertz CT molecular complexity index is 738. The fourth-order valence-electron chi connectivity index (χ4n) is 2.20. The number of benzene rings is 1. The minimum absolute atomic E-state index is 0.356. The van der Waals surface area contributed by atoms with Crippen LogP contribution in [0, 0.1) is 13.8 Å². The van der Waals surface area contributed by atoms with Crippen molar-refractivity contribution in [3.05, 3.63) is 45.8 Å². The summed E-state index contributed by atoms with van der Waals surface area (Å²) < 4.78 is 4.87. The van der Waals surface area contributed by atoms with Crippen molar-refractivity contribution < 1.29 is 9.53 Å². The first-order chi connectivity index (χ1) is 11.0. The molecule has 0 saturated carbocycles. The fourth-order valence-corrected chi connectivity index (χ4v) is 3.53. The minimum atomic E-state index is -0.356. The number of esters is 1. The summed E-state index contributed by atoms with van der Waals surface area (Å²) in [6.07, 6.45) is 0.964. The Hall–Kier alpha value is -1.92. The van der Waals surface area contributed by atoms with E-state index in [1.165, 1.54) is 24.0 Å². The first kappa shape index (κ1) is 17.4. The van der Waals surface area contributed by atoms with Gasteiger partial charge in [0.25, 0.3) is 0 Å². The van der Waals surface area contributed by atoms with E-state index in [4.69, 9.17) is 17.0 Å². The van der Waals surface area contributed by atoms with Gasteiger partial charge in [-0.05, 0) is 55.7 Å². The van der Waals surface area contributed by atoms with Crippen LogP contribution in [-0.4, -0.2) is 18.2 Å². The molecular formula is C17H20N2O2S2. The Morgan fingerprint density at radius 3 is 2.70 bits per heavy atom. The fraction of sp³-hybridized carbons (Fsp3) is 0.294. The number of nitrogens with one attached hydrogen (secondary N) is 2. The highest BCUT2D eigenvalue weighted by molar-refractivity contribution is 7.80. The summed E-state index contributed by atoms with van der Waals surface area (Å²) in [5.41, 5.74) is 3.61. The molecule has 0 unspecified atom stereocenters. The SMILES string of the molecule is CCc1cccc(NC(=S)Nc2sc(C)c(C)c2C(=O)OC)c1. The highest BCUT2D eigenvalue weighted by Gasteiger charge is 2.20. The number of methoxy groups -OCH3 is 1. The Morgan fingerprint density at radius 1 is 1.30 bits per heavy atom. The maximum absolute atomic E-state index is 12.0. The maximum Gasteiger partial charge on any atom is 0.341 e. The van der Waals surface area contributed by atoms with E-state index in [2.05, 4.69) is 29.7 Å². The molecule has 4 nitrogen and oxygen atoms in total. The van der Waals surface area contributed by atoms with Crippen LogP contribution in [0.4, 0.5) is 10.7 Å². The first-order valence-corrected chi connectivity index (χ1v) is 8.54. The molecule has 0 fully saturated rings. The van der Waals surface area contributed by atoms with Crippen molar-refractivity contribution in [1.29, 1.82) is 0 Å². The van der Waals surface area contributed by atoms with Crippen LogP contribution in [0.2, 0.25) is 0 Å². The molecule has 0 bridgehead atoms. The third-order valence-electron chi connectivity index (χ3n) is 3.59. The molecule has 0 spiro atoms. The molecule has 2 aromatic rings. The third kappa shape index (κ3) is 4.09. The molecule has 1 aromatic carbocycles. The van der Waals surface area contributed by atoms with Crippen molar-refractivity contribution in [2.24, 2.45) is 0 Å². The average molecular weight is 348 g/mol. The van der Waals surface area contributed by atoms with E-state index in [1.807, 2.05) is 26.0 Å². The molecule has 0 aliphatic heterocycles. The number of hydrogen-bond donors (Lipinski definition) is 2. The summed E-state index contributed by atoms with van der Waals surface area (Å²) in [7, 11) is 1.38. The Morgan fingerprint density at radius 2 is 2.04 bits per heavy atom. The Balaban J connectivity index is 2.17. The number of rotatable bonds is 4. The highest BCUT2D eigenvalue weighted by atomic mass is 32.1. The van der Waals surface area contributed by atoms with E-state index in [1.54, 1.807) is 0 Å². The van der Waals surface area contributed by atoms with Crippen LogP contribution in [0.1, 0.15) is 33.3 Å². The van der Waals surface area contributed by atoms with Crippen molar-refractivity contribution in [3.8, 4) is 0 Å². The van der Waals surface area contributed by atoms with Gasteiger partial charge in [-0.3, -0.25) is 0 Å². The molecule has 2 rings (SSSR count). The van der Waals surface area contributed by atoms with Crippen LogP contribution in [0.15, 0.2) is 24.3 Å². The monoisotopic (exact) mass is 348 g/mol. The van der Waals surface area contributed by atoms with Gasteiger partial charge in [-0.1, -0.05) is 19.1 Å². The van der Waals surface area contributed by atoms with E-state index < -0.39 is 0 Å². The second-order valence-electron chi connectivity index (χ2n) is 5.11. The topological polar surface area (TPSA) is 50.4 Å². The summed E-state index contributed by atoms with van der Waals surface area (Å²) in [6, 6.07) is 8.07. The predicted molar refractivity (Wildman–Crippen MR) is 101 cm³/mol. The van der Waals surface area contributed by atoms with Crippen molar-refractivity contribution in [2.75, 3.05) is 17.7 Å². The number of thiocarbonyl (C=S) groups is 1. The zero-order chi connectivity index (χ0) is 17.0. The molecule has 23 heavy (non-hydrogen) atoms. The molecule has 6 heteroatoms. The van der Waals surface area contributed by atoms with Crippen molar-refractivity contribution in [3.63, 3.8) is 0 Å². The number of carbonyl (C=O) groups excluding carboxylic acids is 1. The van der Waals surface area contributed by atoms with Gasteiger partial charge >= 0.3 is 5.97 Å². The van der Waals surface area contributed by atoms with Crippen LogP contribution in [0.5, 0.6) is 0 Å². The van der Waals surface area contributed by atoms with Gasteiger partial charge in [-0.2, -0.15) is 0 Å². The molecule has 0 aliphatic rings. The lowest BCUT2D eigenvalue weighted by atomic mass is 10.1. The first-order valence-electron chi connectivity index (χ1n) is 7.31. The number of ether oxygens (including phenoxy) is 1. The van der Waals surface area contributed by atoms with Crippen LogP contribution in [0.25, 0.3) is 0 Å². The third-order valence-corrected chi connectivity index (χ3v) is 4.92. The normalized spacial score (nSPS) is 10.3. The molecule has 1 aromatic heterocycles. The average Bonchev–Trinajstić information content (AvgIpc) is 2.81. The second-order valence-corrected chi connectivity index (χ2v) is 6.75. The number of hydrogen-bond acceptors (Lipinski definition) is 4. The standard InChI is InChI=1S/C17H20N2O2S2/c1-5-12-7-6-8-13(9-12)18-17(22)19-15-14(16(20)21-4)10(2)11(3)23-15/h6-9H,5H2,1-4H3,(H2,18,19,22). The van der Waals surface area contributed by atoms with Gasteiger partial charge < -0.3 is 15.4 Å². The summed E-state index contributed by atoms with van der Waals surface area (Å²) in [5, 5.41) is 7.42. The maximum atomic E-state index is 12.0. The van der Waals surface area contributed by atoms with Crippen LogP contribution in [-0.2, 0) is 11.2 Å². The largest absolute Gasteiger partial charge is 0.465 e. The van der Waals surface area contributed by atoms with Crippen molar-refractivity contribution in [2.45, 2.75) is 27.2 Å². The van der Waals surface area contributed by atoms with Crippen LogP contribution < -0.4 is 10.6 Å². The van der Waals surface area contributed by atoms with E-state index in [0.717, 1.165) is 22.5 Å². The van der Waals surface area contributed by atoms with Gasteiger partial charge in [0.05, 0.1) is 12.7 Å². The zero-order valence-corrected chi connectivity index (χ0v) is 15.3. The van der Waals surface area contributed by atoms with Crippen LogP contribution in [0.3, 0.4) is 0 Å². The van der Waals surface area contributed by atoms with Crippen molar-refractivity contribution >= 4 is 45.3 Å². The van der Waals surface area contributed by atoms with E-state index >= 15 is 0 Å². The quantitative estimate of drug-likeness (QED) is 0.628. The molecular weight excluding hydrogens is 328 g/mol. The lowest BCUT2D eigenvalue weighted by Gasteiger charge is -2.11. The lowest BCUT2D eigenvalue weighted by molar-refractivity contribution is 0.0601. The molecule has 1 heterocycles. The van der Waals surface area contributed by atoms with Gasteiger partial charge in [0.15, 0.2) is 5.11 Å². The smallest absolute Gasteiger partial charge is 0.341 e. The minimum Gasteiger partial charge on any atom is -0.465 e. The molecule has 0 atom stereocenters. The molecule has 122 valence electrons. The van der Waals surface area contributed by atoms with Gasteiger partial charge in [0.1, 0.15) is 5.00 Å². The predicted octanol–water partition coefficient (Wildman–Crippen LogP) is 4.52. The Kier molecular flexibility index (Phi) is 5.74. The second kappa shape index (κ2) is 7.57. The highest BCUT2D eigenvalue weighted by Crippen LogP contribution is 2.33. The Labute approximate surface area is 145 Å². The summed E-state index contributed by atoms with van der Waals surface area (Å²) >= 11 is 6.86. The molecule has 0 aliphatic carbocycles.